The summed E-state index contributed by atoms with van der Waals surface area (Å²) in [7, 11) is 0. The van der Waals surface area contributed by atoms with Crippen LogP contribution in [0.1, 0.15) is 16.7 Å². The van der Waals surface area contributed by atoms with Crippen LogP contribution in [0.4, 0.5) is 5.69 Å². The first-order valence-corrected chi connectivity index (χ1v) is 6.30. The summed E-state index contributed by atoms with van der Waals surface area (Å²) >= 11 is 1.73. The van der Waals surface area contributed by atoms with Gasteiger partial charge in [-0.05, 0) is 45.6 Å². The summed E-state index contributed by atoms with van der Waals surface area (Å²) in [5.74, 6) is 0. The molecule has 0 saturated heterocycles. The van der Waals surface area contributed by atoms with Crippen LogP contribution in [0.15, 0.2) is 35.0 Å². The van der Waals surface area contributed by atoms with Gasteiger partial charge in [-0.1, -0.05) is 6.07 Å². The van der Waals surface area contributed by atoms with Gasteiger partial charge < -0.3 is 10.1 Å². The van der Waals surface area contributed by atoms with Gasteiger partial charge in [-0.25, -0.2) is 0 Å². The summed E-state index contributed by atoms with van der Waals surface area (Å²) in [6, 6.07) is 8.61. The Balaban J connectivity index is 1.71. The van der Waals surface area contributed by atoms with Gasteiger partial charge >= 0.3 is 0 Å². The molecule has 2 heterocycles. The second-order valence-corrected chi connectivity index (χ2v) is 4.74. The molecule has 0 amide bonds. The lowest BCUT2D eigenvalue weighted by molar-refractivity contribution is 0.134. The lowest BCUT2D eigenvalue weighted by Gasteiger charge is -2.06. The highest BCUT2D eigenvalue weighted by molar-refractivity contribution is 7.07. The van der Waals surface area contributed by atoms with Gasteiger partial charge in [0.1, 0.15) is 0 Å². The largest absolute Gasteiger partial charge is 0.381 e. The van der Waals surface area contributed by atoms with Crippen LogP contribution in [0.3, 0.4) is 0 Å². The molecule has 0 atom stereocenters. The first-order valence-electron chi connectivity index (χ1n) is 5.36. The summed E-state index contributed by atoms with van der Waals surface area (Å²) in [4.78, 5) is 0. The van der Waals surface area contributed by atoms with Gasteiger partial charge in [0.15, 0.2) is 0 Å². The van der Waals surface area contributed by atoms with E-state index in [0.717, 1.165) is 19.8 Å². The minimum atomic E-state index is 0.753. The molecular formula is C13H13NOS. The molecule has 1 aliphatic heterocycles. The maximum Gasteiger partial charge on any atom is 0.0725 e. The van der Waals surface area contributed by atoms with Gasteiger partial charge in [0.05, 0.1) is 13.2 Å². The van der Waals surface area contributed by atoms with Crippen molar-refractivity contribution < 1.29 is 4.74 Å². The molecule has 0 saturated carbocycles. The molecule has 1 aromatic carbocycles. The Morgan fingerprint density at radius 1 is 1.19 bits per heavy atom. The third kappa shape index (κ3) is 1.96. The second-order valence-electron chi connectivity index (χ2n) is 3.96. The van der Waals surface area contributed by atoms with Crippen LogP contribution in [0.5, 0.6) is 0 Å². The second kappa shape index (κ2) is 4.28. The van der Waals surface area contributed by atoms with Gasteiger partial charge in [-0.3, -0.25) is 0 Å². The number of hydrogen-bond donors (Lipinski definition) is 1. The van der Waals surface area contributed by atoms with Crippen molar-refractivity contribution in [3.05, 3.63) is 51.7 Å². The molecule has 1 aliphatic rings. The summed E-state index contributed by atoms with van der Waals surface area (Å²) < 4.78 is 5.39. The van der Waals surface area contributed by atoms with Crippen LogP contribution < -0.4 is 5.32 Å². The van der Waals surface area contributed by atoms with Crippen molar-refractivity contribution in [3.63, 3.8) is 0 Å². The standard InChI is InChI=1S/C13H13NOS/c1-2-13(5-12-8-15-7-11(1)12)14-6-10-3-4-16-9-10/h1-5,9,14H,6-8H2. The molecule has 2 nitrogen and oxygen atoms in total. The Bertz CT molecular complexity index is 479. The molecule has 0 aliphatic carbocycles. The average molecular weight is 231 g/mol. The Kier molecular flexibility index (Phi) is 2.64. The van der Waals surface area contributed by atoms with Crippen molar-refractivity contribution in [2.45, 2.75) is 19.8 Å². The Labute approximate surface area is 98.9 Å². The van der Waals surface area contributed by atoms with Crippen LogP contribution in [0.2, 0.25) is 0 Å². The molecule has 82 valence electrons. The Morgan fingerprint density at radius 3 is 3.00 bits per heavy atom. The third-order valence-corrected chi connectivity index (χ3v) is 3.53. The van der Waals surface area contributed by atoms with E-state index in [0.29, 0.717) is 0 Å². The van der Waals surface area contributed by atoms with Gasteiger partial charge in [0, 0.05) is 12.2 Å². The zero-order valence-corrected chi connectivity index (χ0v) is 9.72. The summed E-state index contributed by atoms with van der Waals surface area (Å²) in [6.45, 7) is 2.41. The molecule has 0 unspecified atom stereocenters. The predicted octanol–water partition coefficient (Wildman–Crippen LogP) is 3.39. The normalized spacial score (nSPS) is 13.8. The van der Waals surface area contributed by atoms with Gasteiger partial charge in [0.2, 0.25) is 0 Å². The highest BCUT2D eigenvalue weighted by Gasteiger charge is 2.10. The number of nitrogens with one attached hydrogen (secondary N) is 1. The van der Waals surface area contributed by atoms with Crippen molar-refractivity contribution in [2.75, 3.05) is 5.32 Å². The number of ether oxygens (including phenoxy) is 1. The Morgan fingerprint density at radius 2 is 2.12 bits per heavy atom. The fourth-order valence-electron chi connectivity index (χ4n) is 1.88. The monoisotopic (exact) mass is 231 g/mol. The topological polar surface area (TPSA) is 21.3 Å². The number of benzene rings is 1. The minimum Gasteiger partial charge on any atom is -0.381 e. The maximum absolute atomic E-state index is 5.39. The van der Waals surface area contributed by atoms with Crippen molar-refractivity contribution >= 4 is 17.0 Å². The van der Waals surface area contributed by atoms with Crippen molar-refractivity contribution in [2.24, 2.45) is 0 Å². The van der Waals surface area contributed by atoms with Crippen molar-refractivity contribution in [3.8, 4) is 0 Å². The third-order valence-electron chi connectivity index (χ3n) is 2.80. The fraction of sp³-hybridized carbons (Fsp3) is 0.231. The van der Waals surface area contributed by atoms with Crippen LogP contribution in [0, 0.1) is 0 Å². The lowest BCUT2D eigenvalue weighted by atomic mass is 10.1. The minimum absolute atomic E-state index is 0.753. The van der Waals surface area contributed by atoms with Crippen LogP contribution in [0.25, 0.3) is 0 Å². The first kappa shape index (κ1) is 9.87. The highest BCUT2D eigenvalue weighted by atomic mass is 32.1. The molecule has 16 heavy (non-hydrogen) atoms. The number of fused-ring (bicyclic) bond motifs is 1. The Hall–Kier alpha value is -1.32. The molecule has 1 aromatic heterocycles. The first-order chi connectivity index (χ1) is 7.92. The summed E-state index contributed by atoms with van der Waals surface area (Å²) in [5.41, 5.74) is 5.15. The van der Waals surface area contributed by atoms with E-state index in [1.54, 1.807) is 11.3 Å². The number of hydrogen-bond acceptors (Lipinski definition) is 3. The maximum atomic E-state index is 5.39. The number of thiophene rings is 1. The smallest absolute Gasteiger partial charge is 0.0725 e. The van der Waals surface area contributed by atoms with Gasteiger partial charge in [-0.2, -0.15) is 11.3 Å². The zero-order chi connectivity index (χ0) is 10.8. The molecule has 0 spiro atoms. The number of rotatable bonds is 3. The van der Waals surface area contributed by atoms with E-state index in [2.05, 4.69) is 40.3 Å². The molecule has 1 N–H and O–H groups in total. The molecule has 0 fully saturated rings. The summed E-state index contributed by atoms with van der Waals surface area (Å²) in [5, 5.41) is 7.70. The molecule has 2 aromatic rings. The predicted molar refractivity (Wildman–Crippen MR) is 66.6 cm³/mol. The van der Waals surface area contributed by atoms with Crippen molar-refractivity contribution in [1.29, 1.82) is 0 Å². The molecular weight excluding hydrogens is 218 g/mol. The van der Waals surface area contributed by atoms with E-state index in [1.807, 2.05) is 0 Å². The quantitative estimate of drug-likeness (QED) is 0.874. The average Bonchev–Trinajstić information content (AvgIpc) is 2.97. The lowest BCUT2D eigenvalue weighted by Crippen LogP contribution is -1.98. The van der Waals surface area contributed by atoms with E-state index in [-0.39, 0.29) is 0 Å². The van der Waals surface area contributed by atoms with Gasteiger partial charge in [0.25, 0.3) is 0 Å². The van der Waals surface area contributed by atoms with Crippen LogP contribution >= 0.6 is 11.3 Å². The van der Waals surface area contributed by atoms with Crippen LogP contribution in [-0.2, 0) is 24.5 Å². The molecule has 3 rings (SSSR count). The van der Waals surface area contributed by atoms with E-state index in [1.165, 1.54) is 22.4 Å². The molecule has 3 heteroatoms. The van der Waals surface area contributed by atoms with Gasteiger partial charge in [-0.15, -0.1) is 0 Å². The molecule has 0 bridgehead atoms. The molecule has 0 radical (unpaired) electrons. The zero-order valence-electron chi connectivity index (χ0n) is 8.90. The fourth-order valence-corrected chi connectivity index (χ4v) is 2.55. The van der Waals surface area contributed by atoms with E-state index >= 15 is 0 Å². The van der Waals surface area contributed by atoms with Crippen molar-refractivity contribution in [1.82, 2.24) is 0 Å². The van der Waals surface area contributed by atoms with E-state index in [4.69, 9.17) is 4.74 Å². The SMILES string of the molecule is c1cc(CNc2ccc3c(c2)COC3)cs1. The van der Waals surface area contributed by atoms with Crippen LogP contribution in [-0.4, -0.2) is 0 Å². The van der Waals surface area contributed by atoms with E-state index in [9.17, 15) is 0 Å². The number of anilines is 1. The highest BCUT2D eigenvalue weighted by Crippen LogP contribution is 2.23. The summed E-state index contributed by atoms with van der Waals surface area (Å²) in [6.07, 6.45) is 0. The van der Waals surface area contributed by atoms with E-state index < -0.39 is 0 Å².